The summed E-state index contributed by atoms with van der Waals surface area (Å²) in [7, 11) is 0. The molecule has 1 atom stereocenters. The molecule has 0 saturated carbocycles. The van der Waals surface area contributed by atoms with E-state index in [1.54, 1.807) is 41.6 Å². The van der Waals surface area contributed by atoms with Gasteiger partial charge >= 0.3 is 5.69 Å². The number of carbonyl (C=O) groups excluding carboxylic acids is 1. The zero-order valence-corrected chi connectivity index (χ0v) is 14.8. The second-order valence-electron chi connectivity index (χ2n) is 6.75. The lowest BCUT2D eigenvalue weighted by Crippen LogP contribution is -2.45. The summed E-state index contributed by atoms with van der Waals surface area (Å²) in [5.74, 6) is -0.230. The van der Waals surface area contributed by atoms with Crippen LogP contribution in [0.5, 0.6) is 0 Å². The molecule has 7 nitrogen and oxygen atoms in total. The number of benzene rings is 1. The van der Waals surface area contributed by atoms with Crippen LogP contribution >= 0.6 is 0 Å². The first-order chi connectivity index (χ1) is 13.1. The number of H-pyrrole nitrogens is 1. The first kappa shape index (κ1) is 17.2. The molecule has 0 spiro atoms. The van der Waals surface area contributed by atoms with Gasteiger partial charge in [-0.15, -0.1) is 0 Å². The maximum Gasteiger partial charge on any atom is 0.329 e. The van der Waals surface area contributed by atoms with Crippen molar-refractivity contribution < 1.29 is 4.79 Å². The van der Waals surface area contributed by atoms with E-state index in [-0.39, 0.29) is 18.5 Å². The monoisotopic (exact) mass is 364 g/mol. The average Bonchev–Trinajstić information content (AvgIpc) is 2.71. The number of nitrogens with zero attached hydrogens (tertiary/aromatic N) is 3. The highest BCUT2D eigenvalue weighted by atomic mass is 16.2. The largest absolute Gasteiger partial charge is 0.334 e. The van der Waals surface area contributed by atoms with Crippen LogP contribution in [-0.4, -0.2) is 31.9 Å². The zero-order valence-electron chi connectivity index (χ0n) is 14.8. The van der Waals surface area contributed by atoms with Gasteiger partial charge in [0.15, 0.2) is 0 Å². The molecule has 7 heteroatoms. The van der Waals surface area contributed by atoms with E-state index in [0.29, 0.717) is 17.4 Å². The number of carbonyl (C=O) groups is 1. The number of hydrogen-bond donors (Lipinski definition) is 1. The quantitative estimate of drug-likeness (QED) is 0.768. The molecule has 1 unspecified atom stereocenters. The minimum absolute atomic E-state index is 0.0739. The molecule has 1 aromatic carbocycles. The van der Waals surface area contributed by atoms with E-state index in [4.69, 9.17) is 0 Å². The van der Waals surface area contributed by atoms with Gasteiger partial charge in [0.2, 0.25) is 5.91 Å². The molecule has 0 radical (unpaired) electrons. The Labute approximate surface area is 155 Å². The molecule has 138 valence electrons. The second kappa shape index (κ2) is 7.19. The third kappa shape index (κ3) is 3.28. The lowest BCUT2D eigenvalue weighted by Gasteiger charge is -2.36. The SMILES string of the molecule is O=C(Cn1c(=O)[nH]c2ccccc2c1=O)N1CCCCC1c1cccnc1. The number of pyridine rings is 1. The van der Waals surface area contributed by atoms with Gasteiger partial charge in [-0.05, 0) is 43.0 Å². The average molecular weight is 364 g/mol. The summed E-state index contributed by atoms with van der Waals surface area (Å²) in [6.07, 6.45) is 6.25. The van der Waals surface area contributed by atoms with E-state index in [1.807, 2.05) is 12.1 Å². The summed E-state index contributed by atoms with van der Waals surface area (Å²) < 4.78 is 0.986. The summed E-state index contributed by atoms with van der Waals surface area (Å²) in [6.45, 7) is 0.342. The smallest absolute Gasteiger partial charge is 0.329 e. The van der Waals surface area contributed by atoms with Crippen LogP contribution in [0, 0.1) is 0 Å². The Balaban J connectivity index is 1.66. The molecular formula is C20H20N4O3. The van der Waals surface area contributed by atoms with Crippen molar-refractivity contribution in [1.82, 2.24) is 19.4 Å². The van der Waals surface area contributed by atoms with Gasteiger partial charge in [0.25, 0.3) is 5.56 Å². The van der Waals surface area contributed by atoms with Crippen LogP contribution < -0.4 is 11.2 Å². The van der Waals surface area contributed by atoms with Crippen molar-refractivity contribution in [2.24, 2.45) is 0 Å². The van der Waals surface area contributed by atoms with E-state index >= 15 is 0 Å². The summed E-state index contributed by atoms with van der Waals surface area (Å²) >= 11 is 0. The van der Waals surface area contributed by atoms with E-state index < -0.39 is 11.2 Å². The van der Waals surface area contributed by atoms with Gasteiger partial charge in [0, 0.05) is 18.9 Å². The minimum Gasteiger partial charge on any atom is -0.334 e. The van der Waals surface area contributed by atoms with Crippen LogP contribution in [-0.2, 0) is 11.3 Å². The van der Waals surface area contributed by atoms with Crippen molar-refractivity contribution in [2.45, 2.75) is 31.8 Å². The van der Waals surface area contributed by atoms with Gasteiger partial charge in [-0.3, -0.25) is 19.1 Å². The fourth-order valence-corrected chi connectivity index (χ4v) is 3.72. The highest BCUT2D eigenvalue weighted by Crippen LogP contribution is 2.30. The molecular weight excluding hydrogens is 344 g/mol. The Bertz CT molecular complexity index is 1090. The third-order valence-electron chi connectivity index (χ3n) is 5.08. The van der Waals surface area contributed by atoms with Crippen LogP contribution in [0.3, 0.4) is 0 Å². The molecule has 27 heavy (non-hydrogen) atoms. The van der Waals surface area contributed by atoms with Crippen molar-refractivity contribution in [3.05, 3.63) is 75.2 Å². The van der Waals surface area contributed by atoms with Crippen molar-refractivity contribution in [1.29, 1.82) is 0 Å². The molecule has 1 N–H and O–H groups in total. The molecule has 3 aromatic rings. The van der Waals surface area contributed by atoms with Crippen molar-refractivity contribution in [3.63, 3.8) is 0 Å². The number of hydrogen-bond acceptors (Lipinski definition) is 4. The normalized spacial score (nSPS) is 17.2. The van der Waals surface area contributed by atoms with E-state index in [9.17, 15) is 14.4 Å². The summed E-state index contributed by atoms with van der Waals surface area (Å²) in [6, 6.07) is 10.5. The van der Waals surface area contributed by atoms with Crippen molar-refractivity contribution in [3.8, 4) is 0 Å². The summed E-state index contributed by atoms with van der Waals surface area (Å²) in [4.78, 5) is 46.6. The highest BCUT2D eigenvalue weighted by Gasteiger charge is 2.28. The third-order valence-corrected chi connectivity index (χ3v) is 5.08. The van der Waals surface area contributed by atoms with Crippen LogP contribution in [0.4, 0.5) is 0 Å². The van der Waals surface area contributed by atoms with Gasteiger partial charge < -0.3 is 9.88 Å². The molecule has 2 aromatic heterocycles. The second-order valence-corrected chi connectivity index (χ2v) is 6.75. The number of para-hydroxylation sites is 1. The van der Waals surface area contributed by atoms with Crippen LogP contribution in [0.1, 0.15) is 30.9 Å². The van der Waals surface area contributed by atoms with Gasteiger partial charge in [-0.2, -0.15) is 0 Å². The number of aromatic nitrogens is 3. The lowest BCUT2D eigenvalue weighted by molar-refractivity contribution is -0.135. The predicted octanol–water partition coefficient (Wildman–Crippen LogP) is 1.84. The van der Waals surface area contributed by atoms with Crippen LogP contribution in [0.15, 0.2) is 58.4 Å². The van der Waals surface area contributed by atoms with E-state index in [1.165, 1.54) is 0 Å². The number of likely N-dealkylation sites (tertiary alicyclic amines) is 1. The number of piperidine rings is 1. The predicted molar refractivity (Wildman–Crippen MR) is 101 cm³/mol. The zero-order chi connectivity index (χ0) is 18.8. The van der Waals surface area contributed by atoms with Gasteiger partial charge in [-0.25, -0.2) is 4.79 Å². The van der Waals surface area contributed by atoms with Crippen molar-refractivity contribution >= 4 is 16.8 Å². The van der Waals surface area contributed by atoms with E-state index in [0.717, 1.165) is 29.4 Å². The Morgan fingerprint density at radius 3 is 2.81 bits per heavy atom. The van der Waals surface area contributed by atoms with Gasteiger partial charge in [-0.1, -0.05) is 18.2 Å². The number of amides is 1. The lowest BCUT2D eigenvalue weighted by atomic mass is 9.96. The number of aromatic amines is 1. The number of nitrogens with one attached hydrogen (secondary N) is 1. The Kier molecular flexibility index (Phi) is 4.58. The molecule has 3 heterocycles. The minimum atomic E-state index is -0.568. The fraction of sp³-hybridized carbons (Fsp3) is 0.300. The first-order valence-electron chi connectivity index (χ1n) is 9.06. The molecule has 0 aliphatic carbocycles. The highest BCUT2D eigenvalue weighted by molar-refractivity contribution is 5.79. The Morgan fingerprint density at radius 2 is 2.00 bits per heavy atom. The number of fused-ring (bicyclic) bond motifs is 1. The standard InChI is InChI=1S/C20H20N4O3/c25-18(23-11-4-3-9-17(23)14-6-5-10-21-12-14)13-24-19(26)15-7-1-2-8-16(15)22-20(24)27/h1-2,5-8,10,12,17H,3-4,9,11,13H2,(H,22,27). The number of rotatable bonds is 3. The Morgan fingerprint density at radius 1 is 1.15 bits per heavy atom. The van der Waals surface area contributed by atoms with Crippen LogP contribution in [0.25, 0.3) is 10.9 Å². The molecule has 1 aliphatic rings. The molecule has 1 fully saturated rings. The first-order valence-corrected chi connectivity index (χ1v) is 9.06. The van der Waals surface area contributed by atoms with Crippen LogP contribution in [0.2, 0.25) is 0 Å². The van der Waals surface area contributed by atoms with Gasteiger partial charge in [0.05, 0.1) is 16.9 Å². The maximum absolute atomic E-state index is 13.0. The van der Waals surface area contributed by atoms with Gasteiger partial charge in [0.1, 0.15) is 6.54 Å². The molecule has 1 saturated heterocycles. The topological polar surface area (TPSA) is 88.1 Å². The maximum atomic E-state index is 13.0. The van der Waals surface area contributed by atoms with Crippen molar-refractivity contribution in [2.75, 3.05) is 6.54 Å². The summed E-state index contributed by atoms with van der Waals surface area (Å²) in [5.41, 5.74) is 0.437. The fourth-order valence-electron chi connectivity index (χ4n) is 3.72. The molecule has 1 aliphatic heterocycles. The molecule has 1 amide bonds. The molecule has 4 rings (SSSR count). The van der Waals surface area contributed by atoms with E-state index in [2.05, 4.69) is 9.97 Å². The summed E-state index contributed by atoms with van der Waals surface area (Å²) in [5, 5.41) is 0.396. The molecule has 0 bridgehead atoms. The Hall–Kier alpha value is -3.22.